The van der Waals surface area contributed by atoms with Crippen molar-refractivity contribution in [2.75, 3.05) is 26.3 Å². The Kier molecular flexibility index (Phi) is 3.80. The van der Waals surface area contributed by atoms with Gasteiger partial charge < -0.3 is 4.74 Å². The Morgan fingerprint density at radius 2 is 2.19 bits per heavy atom. The summed E-state index contributed by atoms with van der Waals surface area (Å²) in [7, 11) is 0. The molecule has 1 saturated heterocycles. The standard InChI is InChI=1S/C12H21N3O/c1-11-3-2-4-12(9-11,10-13)14-15-5-7-16-8-6-15/h11,14H,2-9H2,1H3. The molecule has 1 N–H and O–H groups in total. The number of ether oxygens (including phenoxy) is 1. The van der Waals surface area contributed by atoms with Gasteiger partial charge in [0.15, 0.2) is 0 Å². The van der Waals surface area contributed by atoms with E-state index in [1.54, 1.807) is 0 Å². The lowest BCUT2D eigenvalue weighted by molar-refractivity contribution is -0.0125. The molecule has 1 saturated carbocycles. The first-order valence-corrected chi connectivity index (χ1v) is 6.26. The smallest absolute Gasteiger partial charge is 0.119 e. The molecule has 0 amide bonds. The van der Waals surface area contributed by atoms with E-state index in [1.807, 2.05) is 0 Å². The molecule has 2 rings (SSSR count). The lowest BCUT2D eigenvalue weighted by Crippen LogP contribution is -2.58. The Bertz CT molecular complexity index is 270. The van der Waals surface area contributed by atoms with Gasteiger partial charge in [0.1, 0.15) is 5.54 Å². The Labute approximate surface area is 97.5 Å². The van der Waals surface area contributed by atoms with Crippen LogP contribution in [0.25, 0.3) is 0 Å². The zero-order chi connectivity index (χ0) is 11.4. The van der Waals surface area contributed by atoms with Crippen LogP contribution in [0.5, 0.6) is 0 Å². The minimum atomic E-state index is -0.324. The van der Waals surface area contributed by atoms with E-state index in [4.69, 9.17) is 4.74 Å². The van der Waals surface area contributed by atoms with Gasteiger partial charge >= 0.3 is 0 Å². The van der Waals surface area contributed by atoms with Crippen molar-refractivity contribution in [3.63, 3.8) is 0 Å². The van der Waals surface area contributed by atoms with Crippen molar-refractivity contribution in [2.24, 2.45) is 5.92 Å². The summed E-state index contributed by atoms with van der Waals surface area (Å²) in [6.45, 7) is 5.55. The molecule has 0 aromatic carbocycles. The average Bonchev–Trinajstić information content (AvgIpc) is 2.30. The quantitative estimate of drug-likeness (QED) is 0.766. The number of hydrogen-bond donors (Lipinski definition) is 1. The number of nitrogens with one attached hydrogen (secondary N) is 1. The van der Waals surface area contributed by atoms with Gasteiger partial charge in [0.2, 0.25) is 0 Å². The van der Waals surface area contributed by atoms with Crippen LogP contribution in [-0.4, -0.2) is 36.9 Å². The van der Waals surface area contributed by atoms with Gasteiger partial charge in [0.05, 0.1) is 19.3 Å². The molecule has 1 heterocycles. The normalized spacial score (nSPS) is 36.9. The second-order valence-corrected chi connectivity index (χ2v) is 5.11. The van der Waals surface area contributed by atoms with Gasteiger partial charge in [-0.05, 0) is 18.8 Å². The molecule has 1 aliphatic heterocycles. The van der Waals surface area contributed by atoms with Gasteiger partial charge in [-0.3, -0.25) is 0 Å². The molecule has 2 atom stereocenters. The fraction of sp³-hybridized carbons (Fsp3) is 0.917. The molecule has 16 heavy (non-hydrogen) atoms. The first kappa shape index (κ1) is 11.8. The molecule has 0 spiro atoms. The molecule has 4 nitrogen and oxygen atoms in total. The largest absolute Gasteiger partial charge is 0.379 e. The summed E-state index contributed by atoms with van der Waals surface area (Å²) < 4.78 is 5.31. The highest BCUT2D eigenvalue weighted by Gasteiger charge is 2.36. The SMILES string of the molecule is CC1CCCC(C#N)(NN2CCOCC2)C1. The maximum absolute atomic E-state index is 9.42. The molecule has 2 unspecified atom stereocenters. The number of morpholine rings is 1. The summed E-state index contributed by atoms with van der Waals surface area (Å²) in [5.41, 5.74) is 3.12. The van der Waals surface area contributed by atoms with Crippen molar-refractivity contribution in [3.05, 3.63) is 0 Å². The summed E-state index contributed by atoms with van der Waals surface area (Å²) in [6, 6.07) is 2.50. The van der Waals surface area contributed by atoms with Crippen LogP contribution in [-0.2, 0) is 4.74 Å². The Morgan fingerprint density at radius 3 is 2.81 bits per heavy atom. The van der Waals surface area contributed by atoms with Crippen LogP contribution < -0.4 is 5.43 Å². The lowest BCUT2D eigenvalue weighted by Gasteiger charge is -2.40. The van der Waals surface area contributed by atoms with Crippen molar-refractivity contribution >= 4 is 0 Å². The molecule has 0 aromatic heterocycles. The van der Waals surface area contributed by atoms with Crippen molar-refractivity contribution in [3.8, 4) is 6.07 Å². The fourth-order valence-corrected chi connectivity index (χ4v) is 2.76. The first-order valence-electron chi connectivity index (χ1n) is 6.26. The van der Waals surface area contributed by atoms with Gasteiger partial charge in [-0.1, -0.05) is 19.8 Å². The van der Waals surface area contributed by atoms with E-state index in [-0.39, 0.29) is 5.54 Å². The number of hydrazine groups is 1. The Hall–Kier alpha value is -0.630. The third kappa shape index (κ3) is 2.73. The topological polar surface area (TPSA) is 48.3 Å². The van der Waals surface area contributed by atoms with Crippen LogP contribution >= 0.6 is 0 Å². The highest BCUT2D eigenvalue weighted by Crippen LogP contribution is 2.32. The van der Waals surface area contributed by atoms with Gasteiger partial charge in [-0.2, -0.15) is 5.26 Å². The van der Waals surface area contributed by atoms with Crippen molar-refractivity contribution in [1.29, 1.82) is 5.26 Å². The number of rotatable bonds is 2. The zero-order valence-corrected chi connectivity index (χ0v) is 10.0. The van der Waals surface area contributed by atoms with Crippen LogP contribution in [0.3, 0.4) is 0 Å². The van der Waals surface area contributed by atoms with Crippen LogP contribution in [0.15, 0.2) is 0 Å². The third-order valence-electron chi connectivity index (χ3n) is 3.59. The first-order chi connectivity index (χ1) is 7.74. The second-order valence-electron chi connectivity index (χ2n) is 5.11. The van der Waals surface area contributed by atoms with Gasteiger partial charge in [0, 0.05) is 13.1 Å². The van der Waals surface area contributed by atoms with E-state index in [9.17, 15) is 5.26 Å². The monoisotopic (exact) mass is 223 g/mol. The van der Waals surface area contributed by atoms with Crippen LogP contribution in [0.1, 0.15) is 32.6 Å². The van der Waals surface area contributed by atoms with E-state index in [1.165, 1.54) is 6.42 Å². The Balaban J connectivity index is 1.95. The second kappa shape index (κ2) is 5.13. The summed E-state index contributed by atoms with van der Waals surface area (Å²) in [5.74, 6) is 0.655. The molecule has 4 heteroatoms. The van der Waals surface area contributed by atoms with Crippen molar-refractivity contribution in [2.45, 2.75) is 38.1 Å². The zero-order valence-electron chi connectivity index (χ0n) is 10.0. The van der Waals surface area contributed by atoms with Gasteiger partial charge in [-0.15, -0.1) is 0 Å². The van der Waals surface area contributed by atoms with Crippen LogP contribution in [0.2, 0.25) is 0 Å². The number of nitriles is 1. The Morgan fingerprint density at radius 1 is 1.44 bits per heavy atom. The highest BCUT2D eigenvalue weighted by molar-refractivity contribution is 5.08. The molecule has 0 aromatic rings. The minimum Gasteiger partial charge on any atom is -0.379 e. The van der Waals surface area contributed by atoms with Crippen LogP contribution in [0.4, 0.5) is 0 Å². The third-order valence-corrected chi connectivity index (χ3v) is 3.59. The molecule has 0 radical (unpaired) electrons. The van der Waals surface area contributed by atoms with E-state index in [0.717, 1.165) is 45.6 Å². The van der Waals surface area contributed by atoms with Gasteiger partial charge in [0.25, 0.3) is 0 Å². The summed E-state index contributed by atoms with van der Waals surface area (Å²) in [6.07, 6.45) is 4.37. The van der Waals surface area contributed by atoms with E-state index in [0.29, 0.717) is 5.92 Å². The lowest BCUT2D eigenvalue weighted by atomic mass is 9.78. The number of hydrogen-bond acceptors (Lipinski definition) is 4. The molecule has 90 valence electrons. The number of nitrogens with zero attached hydrogens (tertiary/aromatic N) is 2. The van der Waals surface area contributed by atoms with Crippen molar-refractivity contribution < 1.29 is 4.74 Å². The summed E-state index contributed by atoms with van der Waals surface area (Å²) in [5, 5.41) is 11.6. The molecule has 2 aliphatic rings. The molecule has 0 bridgehead atoms. The van der Waals surface area contributed by atoms with Crippen LogP contribution in [0, 0.1) is 17.2 Å². The minimum absolute atomic E-state index is 0.324. The summed E-state index contributed by atoms with van der Waals surface area (Å²) >= 11 is 0. The van der Waals surface area contributed by atoms with E-state index < -0.39 is 0 Å². The van der Waals surface area contributed by atoms with Gasteiger partial charge in [-0.25, -0.2) is 10.4 Å². The van der Waals surface area contributed by atoms with E-state index >= 15 is 0 Å². The highest BCUT2D eigenvalue weighted by atomic mass is 16.5. The molecular formula is C12H21N3O. The fourth-order valence-electron chi connectivity index (χ4n) is 2.76. The maximum Gasteiger partial charge on any atom is 0.119 e. The predicted molar refractivity (Wildman–Crippen MR) is 61.5 cm³/mol. The molecule has 1 aliphatic carbocycles. The molecule has 2 fully saturated rings. The summed E-state index contributed by atoms with van der Waals surface area (Å²) in [4.78, 5) is 0. The maximum atomic E-state index is 9.42. The average molecular weight is 223 g/mol. The predicted octanol–water partition coefficient (Wildman–Crippen LogP) is 1.30. The molecular weight excluding hydrogens is 202 g/mol. The van der Waals surface area contributed by atoms with Crippen molar-refractivity contribution in [1.82, 2.24) is 10.4 Å². The van der Waals surface area contributed by atoms with E-state index in [2.05, 4.69) is 23.4 Å².